The molecule has 2 rings (SSSR count). The number of halogens is 1. The summed E-state index contributed by atoms with van der Waals surface area (Å²) in [6, 6.07) is 4.77. The highest BCUT2D eigenvalue weighted by Gasteiger charge is 2.08. The first-order valence-electron chi connectivity index (χ1n) is 5.55. The van der Waals surface area contributed by atoms with Gasteiger partial charge in [-0.3, -0.25) is 0 Å². The van der Waals surface area contributed by atoms with Crippen LogP contribution in [0.4, 0.5) is 4.39 Å². The highest BCUT2D eigenvalue weighted by atomic mass is 32.2. The van der Waals surface area contributed by atoms with Crippen molar-refractivity contribution in [2.45, 2.75) is 24.4 Å². The zero-order valence-corrected chi connectivity index (χ0v) is 10.8. The van der Waals surface area contributed by atoms with Crippen LogP contribution in [0, 0.1) is 12.7 Å². The van der Waals surface area contributed by atoms with E-state index in [1.165, 1.54) is 17.8 Å². The number of thioether (sulfide) groups is 1. The van der Waals surface area contributed by atoms with Gasteiger partial charge in [-0.05, 0) is 40.6 Å². The molecule has 1 aromatic carbocycles. The minimum atomic E-state index is -0.224. The lowest BCUT2D eigenvalue weighted by Gasteiger charge is -2.05. The molecule has 1 heterocycles. The second-order valence-corrected chi connectivity index (χ2v) is 4.78. The number of hydrogen-bond donors (Lipinski definition) is 1. The molecule has 96 valence electrons. The molecule has 0 fully saturated rings. The van der Waals surface area contributed by atoms with Gasteiger partial charge in [0.2, 0.25) is 5.16 Å². The largest absolute Gasteiger partial charge is 0.329 e. The fraction of sp³-hybridized carbons (Fsp3) is 0.364. The molecule has 1 aromatic heterocycles. The van der Waals surface area contributed by atoms with Crippen molar-refractivity contribution in [1.29, 1.82) is 0 Å². The van der Waals surface area contributed by atoms with E-state index in [2.05, 4.69) is 15.5 Å². The number of aryl methyl sites for hydroxylation is 1. The zero-order chi connectivity index (χ0) is 13.0. The Morgan fingerprint density at radius 1 is 1.44 bits per heavy atom. The van der Waals surface area contributed by atoms with Crippen LogP contribution in [-0.2, 0) is 12.3 Å². The normalized spacial score (nSPS) is 10.8. The van der Waals surface area contributed by atoms with Crippen LogP contribution >= 0.6 is 11.8 Å². The molecule has 2 aromatic rings. The standard InChI is InChI=1S/C11H14FN5S/c1-8-2-3-10(12)6-9(8)7-18-11-14-15-16-17(11)5-4-13/h2-3,6H,4-5,7,13H2,1H3. The van der Waals surface area contributed by atoms with E-state index in [1.54, 1.807) is 16.8 Å². The number of nitrogens with two attached hydrogens (primary N) is 1. The van der Waals surface area contributed by atoms with Gasteiger partial charge in [0.25, 0.3) is 0 Å². The third-order valence-corrected chi connectivity index (χ3v) is 3.51. The number of hydrogen-bond acceptors (Lipinski definition) is 5. The fourth-order valence-electron chi connectivity index (χ4n) is 1.50. The number of rotatable bonds is 5. The van der Waals surface area contributed by atoms with Gasteiger partial charge in [-0.2, -0.15) is 0 Å². The minimum Gasteiger partial charge on any atom is -0.329 e. The van der Waals surface area contributed by atoms with Gasteiger partial charge in [-0.25, -0.2) is 9.07 Å². The summed E-state index contributed by atoms with van der Waals surface area (Å²) in [6.07, 6.45) is 0. The molecule has 0 saturated heterocycles. The minimum absolute atomic E-state index is 0.224. The molecule has 2 N–H and O–H groups in total. The smallest absolute Gasteiger partial charge is 0.209 e. The molecule has 0 bridgehead atoms. The average molecular weight is 267 g/mol. The van der Waals surface area contributed by atoms with E-state index in [1.807, 2.05) is 6.92 Å². The molecule has 0 amide bonds. The predicted octanol–water partition coefficient (Wildman–Crippen LogP) is 1.37. The second-order valence-electron chi connectivity index (χ2n) is 3.83. The molecule has 0 spiro atoms. The maximum absolute atomic E-state index is 13.1. The molecule has 18 heavy (non-hydrogen) atoms. The fourth-order valence-corrected chi connectivity index (χ4v) is 2.47. The van der Waals surface area contributed by atoms with Crippen molar-refractivity contribution >= 4 is 11.8 Å². The number of tetrazole rings is 1. The Hall–Kier alpha value is -1.47. The highest BCUT2D eigenvalue weighted by molar-refractivity contribution is 7.98. The SMILES string of the molecule is Cc1ccc(F)cc1CSc1nnnn1CCN. The van der Waals surface area contributed by atoms with Crippen LogP contribution in [-0.4, -0.2) is 26.8 Å². The van der Waals surface area contributed by atoms with Gasteiger partial charge in [0.15, 0.2) is 0 Å². The number of aromatic nitrogens is 4. The Bertz CT molecular complexity index is 528. The van der Waals surface area contributed by atoms with Crippen LogP contribution in [0.1, 0.15) is 11.1 Å². The van der Waals surface area contributed by atoms with Gasteiger partial charge in [0.1, 0.15) is 5.82 Å². The Kier molecular flexibility index (Phi) is 4.27. The predicted molar refractivity (Wildman–Crippen MR) is 67.6 cm³/mol. The lowest BCUT2D eigenvalue weighted by Crippen LogP contribution is -2.12. The maximum atomic E-state index is 13.1. The summed E-state index contributed by atoms with van der Waals surface area (Å²) in [4.78, 5) is 0. The third kappa shape index (κ3) is 3.05. The van der Waals surface area contributed by atoms with Crippen molar-refractivity contribution in [3.05, 3.63) is 35.1 Å². The summed E-state index contributed by atoms with van der Waals surface area (Å²) in [5.41, 5.74) is 7.47. The molecular formula is C11H14FN5S. The maximum Gasteiger partial charge on any atom is 0.209 e. The second kappa shape index (κ2) is 5.92. The summed E-state index contributed by atoms with van der Waals surface area (Å²) in [5, 5.41) is 12.1. The molecule has 0 saturated carbocycles. The van der Waals surface area contributed by atoms with Crippen molar-refractivity contribution in [1.82, 2.24) is 20.2 Å². The highest BCUT2D eigenvalue weighted by Crippen LogP contribution is 2.22. The van der Waals surface area contributed by atoms with Gasteiger partial charge in [0.05, 0.1) is 6.54 Å². The zero-order valence-electron chi connectivity index (χ0n) is 10.0. The quantitative estimate of drug-likeness (QED) is 0.829. The number of nitrogens with zero attached hydrogens (tertiary/aromatic N) is 4. The van der Waals surface area contributed by atoms with E-state index in [0.717, 1.165) is 11.1 Å². The van der Waals surface area contributed by atoms with Crippen molar-refractivity contribution in [2.24, 2.45) is 5.73 Å². The first-order chi connectivity index (χ1) is 8.70. The van der Waals surface area contributed by atoms with E-state index >= 15 is 0 Å². The molecule has 7 heteroatoms. The topological polar surface area (TPSA) is 69.6 Å². The Labute approximate surface area is 109 Å². The first-order valence-corrected chi connectivity index (χ1v) is 6.53. The van der Waals surface area contributed by atoms with Crippen molar-refractivity contribution < 1.29 is 4.39 Å². The molecule has 0 aliphatic rings. The molecule has 0 atom stereocenters. The molecular weight excluding hydrogens is 253 g/mol. The van der Waals surface area contributed by atoms with Crippen molar-refractivity contribution in [3.8, 4) is 0 Å². The van der Waals surface area contributed by atoms with Gasteiger partial charge in [-0.1, -0.05) is 17.8 Å². The van der Waals surface area contributed by atoms with E-state index in [-0.39, 0.29) is 5.82 Å². The Morgan fingerprint density at radius 2 is 2.28 bits per heavy atom. The van der Waals surface area contributed by atoms with E-state index in [4.69, 9.17) is 5.73 Å². The Morgan fingerprint density at radius 3 is 3.06 bits per heavy atom. The average Bonchev–Trinajstić information content (AvgIpc) is 2.78. The monoisotopic (exact) mass is 267 g/mol. The van der Waals surface area contributed by atoms with Crippen molar-refractivity contribution in [3.63, 3.8) is 0 Å². The third-order valence-electron chi connectivity index (χ3n) is 2.51. The van der Waals surface area contributed by atoms with Crippen LogP contribution in [0.25, 0.3) is 0 Å². The lowest BCUT2D eigenvalue weighted by molar-refractivity contribution is 0.557. The number of benzene rings is 1. The van der Waals surface area contributed by atoms with Crippen LogP contribution in [0.15, 0.2) is 23.4 Å². The summed E-state index contributed by atoms with van der Waals surface area (Å²) in [6.45, 7) is 3.02. The van der Waals surface area contributed by atoms with E-state index < -0.39 is 0 Å². The van der Waals surface area contributed by atoms with Crippen LogP contribution in [0.5, 0.6) is 0 Å². The Balaban J connectivity index is 2.06. The van der Waals surface area contributed by atoms with Crippen LogP contribution in [0.3, 0.4) is 0 Å². The molecule has 0 aliphatic heterocycles. The van der Waals surface area contributed by atoms with Gasteiger partial charge in [-0.15, -0.1) is 5.10 Å². The summed E-state index contributed by atoms with van der Waals surface area (Å²) >= 11 is 1.47. The summed E-state index contributed by atoms with van der Waals surface area (Å²) < 4.78 is 14.8. The van der Waals surface area contributed by atoms with Gasteiger partial charge >= 0.3 is 0 Å². The summed E-state index contributed by atoms with van der Waals surface area (Å²) in [5.74, 6) is 0.409. The molecule has 0 aliphatic carbocycles. The molecule has 5 nitrogen and oxygen atoms in total. The van der Waals surface area contributed by atoms with Gasteiger partial charge < -0.3 is 5.73 Å². The molecule has 0 unspecified atom stereocenters. The first kappa shape index (κ1) is 13.0. The molecule has 0 radical (unpaired) electrons. The summed E-state index contributed by atoms with van der Waals surface area (Å²) in [7, 11) is 0. The van der Waals surface area contributed by atoms with Crippen molar-refractivity contribution in [2.75, 3.05) is 6.54 Å². The van der Waals surface area contributed by atoms with Crippen LogP contribution < -0.4 is 5.73 Å². The lowest BCUT2D eigenvalue weighted by atomic mass is 10.1. The van der Waals surface area contributed by atoms with E-state index in [9.17, 15) is 4.39 Å². The van der Waals surface area contributed by atoms with Gasteiger partial charge in [0, 0.05) is 12.3 Å². The van der Waals surface area contributed by atoms with Crippen LogP contribution in [0.2, 0.25) is 0 Å². The van der Waals surface area contributed by atoms with E-state index in [0.29, 0.717) is 24.0 Å².